The van der Waals surface area contributed by atoms with E-state index in [4.69, 9.17) is 23.2 Å². The van der Waals surface area contributed by atoms with Crippen LogP contribution in [0.15, 0.2) is 18.2 Å². The Morgan fingerprint density at radius 2 is 1.65 bits per heavy atom. The molecule has 0 amide bonds. The molecule has 0 aliphatic carbocycles. The molecule has 0 spiro atoms. The fourth-order valence-corrected chi connectivity index (χ4v) is 2.70. The third-order valence-corrected chi connectivity index (χ3v) is 3.44. The van der Waals surface area contributed by atoms with Gasteiger partial charge in [-0.2, -0.15) is 17.6 Å². The van der Waals surface area contributed by atoms with Gasteiger partial charge in [0, 0.05) is 18.0 Å². The molecule has 2 aromatic rings. The molecule has 0 fully saturated rings. The van der Waals surface area contributed by atoms with Crippen LogP contribution in [0, 0.1) is 0 Å². The van der Waals surface area contributed by atoms with E-state index in [2.05, 4.69) is 9.72 Å². The van der Waals surface area contributed by atoms with Gasteiger partial charge in [-0.1, -0.05) is 23.2 Å². The Bertz CT molecular complexity index is 723. The first-order valence-electron chi connectivity index (χ1n) is 5.38. The van der Waals surface area contributed by atoms with Gasteiger partial charge in [-0.15, -0.1) is 13.2 Å². The lowest BCUT2D eigenvalue weighted by molar-refractivity contribution is -0.274. The normalized spacial score (nSPS) is 13.6. The molecule has 1 heterocycles. The van der Waals surface area contributed by atoms with Crippen molar-refractivity contribution in [3.63, 3.8) is 0 Å². The van der Waals surface area contributed by atoms with Crippen molar-refractivity contribution in [3.8, 4) is 5.75 Å². The molecule has 2 rings (SSSR count). The molecule has 23 heavy (non-hydrogen) atoms. The molecule has 13 heteroatoms. The molecule has 0 aliphatic rings. The Hall–Kier alpha value is -1.07. The number of hydrogen-bond donors (Lipinski definition) is 0. The standard InChI is InChI=1S/C10H3Cl2F7N2OS/c11-9(12,16)23-21-6-3-4(22-10(17,18)19)1-2-5(6)20-7(21)8(13,14)15/h1-3H. The largest absolute Gasteiger partial charge is 0.573 e. The Kier molecular flexibility index (Phi) is 4.59. The zero-order valence-corrected chi connectivity index (χ0v) is 12.7. The smallest absolute Gasteiger partial charge is 0.406 e. The molecular weight excluding hydrogens is 400 g/mol. The summed E-state index contributed by atoms with van der Waals surface area (Å²) in [5.41, 5.74) is -0.857. The summed E-state index contributed by atoms with van der Waals surface area (Å²) in [4.78, 5) is 3.20. The molecule has 0 aliphatic heterocycles. The summed E-state index contributed by atoms with van der Waals surface area (Å²) in [6.07, 6.45) is -10.1. The highest BCUT2D eigenvalue weighted by molar-refractivity contribution is 8.01. The third kappa shape index (κ3) is 4.70. The SMILES string of the molecule is FC(F)(F)Oc1ccc2nc(C(F)(F)F)n(SC(F)(Cl)Cl)c2c1. The quantitative estimate of drug-likeness (QED) is 0.500. The molecule has 0 unspecified atom stereocenters. The minimum Gasteiger partial charge on any atom is -0.406 e. The van der Waals surface area contributed by atoms with Crippen molar-refractivity contribution >= 4 is 46.2 Å². The molecule has 0 atom stereocenters. The van der Waals surface area contributed by atoms with Crippen molar-refractivity contribution in [1.29, 1.82) is 0 Å². The number of alkyl halides is 9. The number of aromatic nitrogens is 2. The van der Waals surface area contributed by atoms with Crippen molar-refractivity contribution < 1.29 is 35.5 Å². The summed E-state index contributed by atoms with van der Waals surface area (Å²) in [6, 6.07) is 2.23. The summed E-state index contributed by atoms with van der Waals surface area (Å²) >= 11 is 9.73. The Balaban J connectivity index is 2.62. The van der Waals surface area contributed by atoms with E-state index in [9.17, 15) is 30.7 Å². The van der Waals surface area contributed by atoms with E-state index in [1.54, 1.807) is 0 Å². The summed E-state index contributed by atoms with van der Waals surface area (Å²) in [5.74, 6) is -2.40. The molecule has 1 aromatic carbocycles. The van der Waals surface area contributed by atoms with Crippen LogP contribution in [0.5, 0.6) is 5.75 Å². The van der Waals surface area contributed by atoms with E-state index in [1.165, 1.54) is 0 Å². The number of fused-ring (bicyclic) bond motifs is 1. The second kappa shape index (κ2) is 5.78. The topological polar surface area (TPSA) is 27.1 Å². The van der Waals surface area contributed by atoms with Crippen molar-refractivity contribution in [2.45, 2.75) is 16.5 Å². The lowest BCUT2D eigenvalue weighted by Crippen LogP contribution is -2.17. The van der Waals surface area contributed by atoms with Crippen LogP contribution in [0.1, 0.15) is 5.82 Å². The zero-order valence-electron chi connectivity index (χ0n) is 10.3. The Morgan fingerprint density at radius 3 is 2.13 bits per heavy atom. The molecule has 0 N–H and O–H groups in total. The number of hydrogen-bond acceptors (Lipinski definition) is 3. The van der Waals surface area contributed by atoms with Gasteiger partial charge in [0.25, 0.3) is 0 Å². The minimum absolute atomic E-state index is 0.151. The van der Waals surface area contributed by atoms with Crippen LogP contribution in [-0.4, -0.2) is 19.2 Å². The molecule has 3 nitrogen and oxygen atoms in total. The monoisotopic (exact) mass is 402 g/mol. The van der Waals surface area contributed by atoms with Crippen LogP contribution in [0.4, 0.5) is 30.7 Å². The highest BCUT2D eigenvalue weighted by Crippen LogP contribution is 2.43. The van der Waals surface area contributed by atoms with Gasteiger partial charge in [0.05, 0.1) is 11.0 Å². The van der Waals surface area contributed by atoms with Gasteiger partial charge >= 0.3 is 16.5 Å². The van der Waals surface area contributed by atoms with Crippen LogP contribution in [0.2, 0.25) is 0 Å². The zero-order chi connectivity index (χ0) is 17.6. The average Bonchev–Trinajstić information content (AvgIpc) is 2.63. The number of imidazole rings is 1. The maximum atomic E-state index is 13.3. The highest BCUT2D eigenvalue weighted by atomic mass is 35.5. The van der Waals surface area contributed by atoms with Crippen molar-refractivity contribution in [1.82, 2.24) is 8.96 Å². The molecule has 0 saturated carbocycles. The van der Waals surface area contributed by atoms with E-state index < -0.39 is 33.5 Å². The lowest BCUT2D eigenvalue weighted by atomic mass is 10.3. The van der Waals surface area contributed by atoms with Crippen molar-refractivity contribution in [2.24, 2.45) is 0 Å². The molecule has 128 valence electrons. The van der Waals surface area contributed by atoms with Crippen molar-refractivity contribution in [3.05, 3.63) is 24.0 Å². The highest BCUT2D eigenvalue weighted by Gasteiger charge is 2.41. The first kappa shape index (κ1) is 18.3. The van der Waals surface area contributed by atoms with Gasteiger partial charge in [-0.25, -0.2) is 4.98 Å². The van der Waals surface area contributed by atoms with Gasteiger partial charge in [0.15, 0.2) is 0 Å². The third-order valence-electron chi connectivity index (χ3n) is 2.27. The second-order valence-corrected chi connectivity index (χ2v) is 6.76. The summed E-state index contributed by atoms with van der Waals surface area (Å²) < 4.78 is 89.1. The fourth-order valence-electron chi connectivity index (χ4n) is 1.61. The number of ether oxygens (including phenoxy) is 1. The van der Waals surface area contributed by atoms with E-state index in [1.807, 2.05) is 0 Å². The fraction of sp³-hybridized carbons (Fsp3) is 0.300. The maximum absolute atomic E-state index is 13.3. The van der Waals surface area contributed by atoms with E-state index >= 15 is 0 Å². The summed E-state index contributed by atoms with van der Waals surface area (Å²) in [6.45, 7) is 0. The first-order chi connectivity index (χ1) is 10.3. The predicted molar refractivity (Wildman–Crippen MR) is 70.0 cm³/mol. The lowest BCUT2D eigenvalue weighted by Gasteiger charge is -2.14. The number of rotatable bonds is 3. The second-order valence-electron chi connectivity index (χ2n) is 3.96. The van der Waals surface area contributed by atoms with Gasteiger partial charge in [0.2, 0.25) is 5.82 Å². The molecule has 1 aromatic heterocycles. The van der Waals surface area contributed by atoms with Crippen LogP contribution in [0.25, 0.3) is 11.0 Å². The number of benzene rings is 1. The van der Waals surface area contributed by atoms with E-state index in [0.29, 0.717) is 6.07 Å². The minimum atomic E-state index is -5.05. The van der Waals surface area contributed by atoms with E-state index in [0.717, 1.165) is 12.1 Å². The summed E-state index contributed by atoms with van der Waals surface area (Å²) in [5, 5.41) is 0. The number of halogens is 9. The molecule has 0 bridgehead atoms. The predicted octanol–water partition coefficient (Wildman–Crippen LogP) is 5.51. The van der Waals surface area contributed by atoms with Crippen LogP contribution >= 0.6 is 35.1 Å². The van der Waals surface area contributed by atoms with Crippen LogP contribution in [-0.2, 0) is 6.18 Å². The van der Waals surface area contributed by atoms with Gasteiger partial charge in [-0.3, -0.25) is 3.97 Å². The summed E-state index contributed by atoms with van der Waals surface area (Å²) in [7, 11) is 0. The maximum Gasteiger partial charge on any atom is 0.573 e. The Labute approximate surface area is 137 Å². The number of nitrogens with zero attached hydrogens (tertiary/aromatic N) is 2. The van der Waals surface area contributed by atoms with Crippen LogP contribution in [0.3, 0.4) is 0 Å². The molecule has 0 radical (unpaired) electrons. The van der Waals surface area contributed by atoms with Gasteiger partial charge in [-0.05, 0) is 12.1 Å². The van der Waals surface area contributed by atoms with Crippen LogP contribution < -0.4 is 4.74 Å². The van der Waals surface area contributed by atoms with E-state index in [-0.39, 0.29) is 21.4 Å². The van der Waals surface area contributed by atoms with Gasteiger partial charge in [0.1, 0.15) is 5.75 Å². The molecule has 0 saturated heterocycles. The molecular formula is C10H3Cl2F7N2OS. The first-order valence-corrected chi connectivity index (χ1v) is 6.91. The average molecular weight is 403 g/mol. The van der Waals surface area contributed by atoms with Gasteiger partial charge < -0.3 is 4.74 Å². The van der Waals surface area contributed by atoms with Crippen molar-refractivity contribution in [2.75, 3.05) is 0 Å². The Morgan fingerprint density at radius 1 is 1.04 bits per heavy atom.